The maximum Gasteiger partial charge on any atom is 0.251 e. The summed E-state index contributed by atoms with van der Waals surface area (Å²) in [4.78, 5) is 17.3. The summed E-state index contributed by atoms with van der Waals surface area (Å²) in [6, 6.07) is 21.0. The number of hydrogen-bond acceptors (Lipinski definition) is 3. The van der Waals surface area contributed by atoms with Crippen LogP contribution in [0.2, 0.25) is 0 Å². The van der Waals surface area contributed by atoms with Gasteiger partial charge in [0.2, 0.25) is 0 Å². The minimum absolute atomic E-state index is 0.0319. The van der Waals surface area contributed by atoms with Crippen molar-refractivity contribution in [3.63, 3.8) is 0 Å². The summed E-state index contributed by atoms with van der Waals surface area (Å²) in [5.74, 6) is -0.0410. The quantitative estimate of drug-likeness (QED) is 0.444. The molecule has 1 aromatic heterocycles. The molecule has 0 saturated carbocycles. The monoisotopic (exact) mass is 382 g/mol. The van der Waals surface area contributed by atoms with Crippen molar-refractivity contribution in [2.45, 2.75) is 19.3 Å². The number of nitrogens with one attached hydrogen (secondary N) is 2. The predicted molar refractivity (Wildman–Crippen MR) is 117 cm³/mol. The number of pyridine rings is 1. The molecule has 3 aromatic rings. The molecular weight excluding hydrogens is 360 g/mol. The van der Waals surface area contributed by atoms with Crippen molar-refractivity contribution >= 4 is 23.0 Å². The van der Waals surface area contributed by atoms with E-state index < -0.39 is 0 Å². The highest BCUT2D eigenvalue weighted by Gasteiger charge is 2.22. The van der Waals surface area contributed by atoms with Gasteiger partial charge in [0.15, 0.2) is 0 Å². The second-order valence-electron chi connectivity index (χ2n) is 7.05. The second kappa shape index (κ2) is 8.10. The van der Waals surface area contributed by atoms with E-state index in [-0.39, 0.29) is 11.7 Å². The number of carbonyl (C=O) groups excluding carboxylic acids is 1. The first kappa shape index (κ1) is 18.6. The Bertz CT molecular complexity index is 1090. The topological polar surface area (TPSA) is 91.9 Å². The Balaban J connectivity index is 1.55. The van der Waals surface area contributed by atoms with Crippen LogP contribution in [0, 0.1) is 5.41 Å². The maximum absolute atomic E-state index is 12.9. The molecule has 4 N–H and O–H groups in total. The highest BCUT2D eigenvalue weighted by molar-refractivity contribution is 6.10. The van der Waals surface area contributed by atoms with E-state index in [0.717, 1.165) is 52.9 Å². The fraction of sp³-hybridized carbons (Fsp3) is 0.125. The first-order valence-electron chi connectivity index (χ1n) is 9.61. The van der Waals surface area contributed by atoms with Gasteiger partial charge in [0.25, 0.3) is 5.91 Å². The van der Waals surface area contributed by atoms with Gasteiger partial charge in [-0.2, -0.15) is 0 Å². The Hall–Kier alpha value is -3.73. The number of aromatic nitrogens is 1. The number of hydrogen-bond donors (Lipinski definition) is 3. The number of amidine groups is 1. The molecule has 0 bridgehead atoms. The van der Waals surface area contributed by atoms with Crippen molar-refractivity contribution in [1.82, 2.24) is 4.98 Å². The van der Waals surface area contributed by atoms with E-state index in [2.05, 4.69) is 10.3 Å². The predicted octanol–water partition coefficient (Wildman–Crippen LogP) is 4.61. The molecule has 2 aromatic carbocycles. The summed E-state index contributed by atoms with van der Waals surface area (Å²) in [5, 5.41) is 10.7. The molecule has 0 aliphatic heterocycles. The molecule has 1 aliphatic rings. The standard InChI is InChI=1S/C24H22N4O/c25-23(26)18-6-3-5-17(15-18)20-7-4-8-21(20)24(29)28-19-12-10-16(11-13-19)22-9-1-2-14-27-22/h1-3,5-6,9-15H,4,7-8H2,(H3,25,26)(H,28,29). The minimum Gasteiger partial charge on any atom is -0.384 e. The van der Waals surface area contributed by atoms with Crippen LogP contribution in [0.1, 0.15) is 30.4 Å². The average Bonchev–Trinajstić information content (AvgIpc) is 3.25. The lowest BCUT2D eigenvalue weighted by atomic mass is 9.99. The van der Waals surface area contributed by atoms with Gasteiger partial charge in [-0.1, -0.05) is 36.4 Å². The van der Waals surface area contributed by atoms with Crippen molar-refractivity contribution in [1.29, 1.82) is 5.41 Å². The molecule has 1 heterocycles. The Morgan fingerprint density at radius 2 is 1.79 bits per heavy atom. The molecule has 5 heteroatoms. The van der Waals surface area contributed by atoms with E-state index in [1.54, 1.807) is 6.20 Å². The molecule has 0 spiro atoms. The third kappa shape index (κ3) is 4.09. The lowest BCUT2D eigenvalue weighted by Gasteiger charge is -2.11. The SMILES string of the molecule is N=C(N)c1cccc(C2=C(C(=O)Nc3ccc(-c4ccccn4)cc3)CCC2)c1. The summed E-state index contributed by atoms with van der Waals surface area (Å²) in [6.07, 6.45) is 4.31. The highest BCUT2D eigenvalue weighted by atomic mass is 16.1. The first-order valence-corrected chi connectivity index (χ1v) is 9.61. The first-order chi connectivity index (χ1) is 14.1. The molecule has 0 unspecified atom stereocenters. The number of rotatable bonds is 5. The minimum atomic E-state index is -0.0729. The van der Waals surface area contributed by atoms with Gasteiger partial charge in [-0.3, -0.25) is 15.2 Å². The normalized spacial score (nSPS) is 13.4. The molecule has 144 valence electrons. The van der Waals surface area contributed by atoms with Crippen LogP contribution in [0.3, 0.4) is 0 Å². The van der Waals surface area contributed by atoms with Gasteiger partial charge in [0.1, 0.15) is 5.84 Å². The van der Waals surface area contributed by atoms with E-state index >= 15 is 0 Å². The van der Waals surface area contributed by atoms with E-state index in [1.165, 1.54) is 0 Å². The zero-order valence-corrected chi connectivity index (χ0v) is 16.0. The van der Waals surface area contributed by atoms with Crippen LogP contribution in [0.15, 0.2) is 78.5 Å². The van der Waals surface area contributed by atoms with Crippen LogP contribution < -0.4 is 11.1 Å². The Labute approximate surface area is 169 Å². The van der Waals surface area contributed by atoms with Gasteiger partial charge < -0.3 is 11.1 Å². The van der Waals surface area contributed by atoms with E-state index in [9.17, 15) is 4.79 Å². The van der Waals surface area contributed by atoms with Crippen molar-refractivity contribution in [3.05, 3.63) is 89.6 Å². The van der Waals surface area contributed by atoms with Crippen LogP contribution >= 0.6 is 0 Å². The molecule has 4 rings (SSSR count). The van der Waals surface area contributed by atoms with Crippen molar-refractivity contribution < 1.29 is 4.79 Å². The van der Waals surface area contributed by atoms with E-state index in [1.807, 2.05) is 66.7 Å². The van der Waals surface area contributed by atoms with Crippen molar-refractivity contribution in [2.75, 3.05) is 5.32 Å². The molecule has 29 heavy (non-hydrogen) atoms. The van der Waals surface area contributed by atoms with Gasteiger partial charge in [-0.15, -0.1) is 0 Å². The summed E-state index contributed by atoms with van der Waals surface area (Å²) < 4.78 is 0. The zero-order valence-electron chi connectivity index (χ0n) is 16.0. The van der Waals surface area contributed by atoms with E-state index in [0.29, 0.717) is 5.56 Å². The van der Waals surface area contributed by atoms with Gasteiger partial charge in [-0.25, -0.2) is 0 Å². The van der Waals surface area contributed by atoms with Gasteiger partial charge in [-0.05, 0) is 60.7 Å². The number of allylic oxidation sites excluding steroid dienone is 1. The molecule has 1 aliphatic carbocycles. The van der Waals surface area contributed by atoms with Crippen LogP contribution in [0.25, 0.3) is 16.8 Å². The van der Waals surface area contributed by atoms with Crippen LogP contribution in [-0.4, -0.2) is 16.7 Å². The molecule has 0 atom stereocenters. The molecule has 0 radical (unpaired) electrons. The van der Waals surface area contributed by atoms with Crippen LogP contribution in [-0.2, 0) is 4.79 Å². The Morgan fingerprint density at radius 1 is 0.966 bits per heavy atom. The summed E-state index contributed by atoms with van der Waals surface area (Å²) >= 11 is 0. The lowest BCUT2D eigenvalue weighted by Crippen LogP contribution is -2.14. The van der Waals surface area contributed by atoms with Crippen molar-refractivity contribution in [2.24, 2.45) is 5.73 Å². The zero-order chi connectivity index (χ0) is 20.2. The van der Waals surface area contributed by atoms with Crippen molar-refractivity contribution in [3.8, 4) is 11.3 Å². The number of nitrogen functional groups attached to an aromatic ring is 1. The molecule has 0 saturated heterocycles. The summed E-state index contributed by atoms with van der Waals surface area (Å²) in [7, 11) is 0. The lowest BCUT2D eigenvalue weighted by molar-refractivity contribution is -0.112. The van der Waals surface area contributed by atoms with Gasteiger partial charge in [0.05, 0.1) is 5.69 Å². The molecule has 5 nitrogen and oxygen atoms in total. The third-order valence-corrected chi connectivity index (χ3v) is 5.12. The largest absolute Gasteiger partial charge is 0.384 e. The van der Waals surface area contributed by atoms with Crippen LogP contribution in [0.4, 0.5) is 5.69 Å². The Kier molecular flexibility index (Phi) is 5.20. The maximum atomic E-state index is 12.9. The number of nitrogens with zero attached hydrogens (tertiary/aromatic N) is 1. The number of anilines is 1. The highest BCUT2D eigenvalue weighted by Crippen LogP contribution is 2.35. The molecule has 1 amide bonds. The second-order valence-corrected chi connectivity index (χ2v) is 7.05. The third-order valence-electron chi connectivity index (χ3n) is 5.12. The molecule has 0 fully saturated rings. The fourth-order valence-corrected chi connectivity index (χ4v) is 3.65. The smallest absolute Gasteiger partial charge is 0.251 e. The van der Waals surface area contributed by atoms with E-state index in [4.69, 9.17) is 11.1 Å². The summed E-state index contributed by atoms with van der Waals surface area (Å²) in [6.45, 7) is 0. The average molecular weight is 382 g/mol. The summed E-state index contributed by atoms with van der Waals surface area (Å²) in [5.41, 5.74) is 11.8. The fourth-order valence-electron chi connectivity index (χ4n) is 3.65. The van der Waals surface area contributed by atoms with Crippen LogP contribution in [0.5, 0.6) is 0 Å². The van der Waals surface area contributed by atoms with Gasteiger partial charge in [0, 0.05) is 28.6 Å². The number of carbonyl (C=O) groups is 1. The van der Waals surface area contributed by atoms with Gasteiger partial charge >= 0.3 is 0 Å². The Morgan fingerprint density at radius 3 is 2.52 bits per heavy atom. The number of amides is 1. The number of benzene rings is 2. The number of nitrogens with two attached hydrogens (primary N) is 1. The molecular formula is C24H22N4O.